The summed E-state index contributed by atoms with van der Waals surface area (Å²) in [6.07, 6.45) is 3.76. The Kier molecular flexibility index (Phi) is 4.71. The standard InChI is InChI=1S/C22H31NO4/c1-21(2)15-12-17-19(14-4-6-16(24)7-5-14)27-11-9-22(17,13-15)20(21)23-18(25)8-10-26-3/h4-7,15,17,19-20,24H,8-13H2,1-3H3,(H,23,25)/t15-,17-,19-,20+,22?/m1/s1. The number of carbonyl (C=O) groups excluding carboxylic acids is 1. The van der Waals surface area contributed by atoms with Crippen LogP contribution in [0, 0.1) is 22.7 Å². The smallest absolute Gasteiger partial charge is 0.222 e. The van der Waals surface area contributed by atoms with Crippen molar-refractivity contribution in [2.45, 2.75) is 51.7 Å². The SMILES string of the molecule is COCCC(=O)N[C@H]1C(C)(C)[C@@H]2C[C@@H]3[C@@H](c4ccc(O)cc4)OCCC31C2. The van der Waals surface area contributed by atoms with Crippen LogP contribution in [0.1, 0.15) is 51.2 Å². The number of phenolic OH excluding ortho intramolecular Hbond substituents is 1. The second kappa shape index (κ2) is 6.78. The molecule has 2 bridgehead atoms. The topological polar surface area (TPSA) is 67.8 Å². The lowest BCUT2D eigenvalue weighted by atomic mass is 9.59. The molecular formula is C22H31NO4. The van der Waals surface area contributed by atoms with Gasteiger partial charge in [0.15, 0.2) is 0 Å². The fraction of sp³-hybridized carbons (Fsp3) is 0.682. The van der Waals surface area contributed by atoms with Gasteiger partial charge in [0.1, 0.15) is 5.75 Å². The van der Waals surface area contributed by atoms with E-state index >= 15 is 0 Å². The second-order valence-electron chi connectivity index (χ2n) is 9.17. The predicted molar refractivity (Wildman–Crippen MR) is 102 cm³/mol. The molecule has 1 aliphatic heterocycles. The van der Waals surface area contributed by atoms with Gasteiger partial charge in [-0.3, -0.25) is 4.79 Å². The van der Waals surface area contributed by atoms with Gasteiger partial charge in [-0.05, 0) is 59.6 Å². The molecule has 1 spiro atoms. The Balaban J connectivity index is 1.62. The van der Waals surface area contributed by atoms with Gasteiger partial charge in [0, 0.05) is 26.2 Å². The van der Waals surface area contributed by atoms with Crippen LogP contribution < -0.4 is 5.32 Å². The molecule has 0 radical (unpaired) electrons. The molecule has 5 atom stereocenters. The average Bonchev–Trinajstić information content (AvgIpc) is 3.13. The number of rotatable bonds is 5. The van der Waals surface area contributed by atoms with E-state index in [0.29, 0.717) is 24.9 Å². The lowest BCUT2D eigenvalue weighted by Gasteiger charge is -2.53. The van der Waals surface area contributed by atoms with Crippen molar-refractivity contribution < 1.29 is 19.4 Å². The number of nitrogens with one attached hydrogen (secondary N) is 1. The Labute approximate surface area is 161 Å². The van der Waals surface area contributed by atoms with Crippen LogP contribution in [0.25, 0.3) is 0 Å². The van der Waals surface area contributed by atoms with Gasteiger partial charge >= 0.3 is 0 Å². The minimum atomic E-state index is 0.0406. The molecule has 1 amide bonds. The molecule has 1 aromatic rings. The fourth-order valence-corrected chi connectivity index (χ4v) is 6.21. The van der Waals surface area contributed by atoms with E-state index in [1.807, 2.05) is 12.1 Å². The maximum absolute atomic E-state index is 12.5. The summed E-state index contributed by atoms with van der Waals surface area (Å²) in [6.45, 7) is 5.80. The van der Waals surface area contributed by atoms with E-state index in [9.17, 15) is 9.90 Å². The number of hydrogen-bond acceptors (Lipinski definition) is 4. The summed E-state index contributed by atoms with van der Waals surface area (Å²) >= 11 is 0. The highest BCUT2D eigenvalue weighted by molar-refractivity contribution is 5.76. The highest BCUT2D eigenvalue weighted by Crippen LogP contribution is 2.70. The van der Waals surface area contributed by atoms with Crippen LogP contribution in [0.3, 0.4) is 0 Å². The first kappa shape index (κ1) is 18.8. The van der Waals surface area contributed by atoms with Crippen LogP contribution in [0.2, 0.25) is 0 Å². The van der Waals surface area contributed by atoms with Crippen LogP contribution in [0.15, 0.2) is 24.3 Å². The Morgan fingerprint density at radius 2 is 2.07 bits per heavy atom. The summed E-state index contributed by atoms with van der Waals surface area (Å²) in [7, 11) is 1.63. The second-order valence-corrected chi connectivity index (χ2v) is 9.17. The highest BCUT2D eigenvalue weighted by atomic mass is 16.5. The van der Waals surface area contributed by atoms with Crippen LogP contribution in [0.4, 0.5) is 0 Å². The number of benzene rings is 1. The summed E-state index contributed by atoms with van der Waals surface area (Å²) in [5, 5.41) is 13.0. The molecule has 148 valence electrons. The van der Waals surface area contributed by atoms with Gasteiger partial charge in [0.25, 0.3) is 0 Å². The lowest BCUT2D eigenvalue weighted by Crippen LogP contribution is -2.59. The molecule has 1 saturated heterocycles. The third-order valence-corrected chi connectivity index (χ3v) is 7.57. The number of aromatic hydroxyl groups is 1. The van der Waals surface area contributed by atoms with E-state index < -0.39 is 0 Å². The molecule has 2 saturated carbocycles. The predicted octanol–water partition coefficient (Wildman–Crippen LogP) is 3.43. The maximum Gasteiger partial charge on any atom is 0.222 e. The molecule has 2 N–H and O–H groups in total. The molecule has 0 aromatic heterocycles. The monoisotopic (exact) mass is 373 g/mol. The quantitative estimate of drug-likeness (QED) is 0.830. The van der Waals surface area contributed by atoms with Gasteiger partial charge in [0.05, 0.1) is 12.7 Å². The van der Waals surface area contributed by atoms with E-state index in [2.05, 4.69) is 19.2 Å². The molecular weight excluding hydrogens is 342 g/mol. The largest absolute Gasteiger partial charge is 0.508 e. The number of ether oxygens (including phenoxy) is 2. The van der Waals surface area contributed by atoms with Gasteiger partial charge in [-0.25, -0.2) is 0 Å². The highest BCUT2D eigenvalue weighted by Gasteiger charge is 2.68. The minimum Gasteiger partial charge on any atom is -0.508 e. The van der Waals surface area contributed by atoms with Crippen molar-refractivity contribution in [1.82, 2.24) is 5.32 Å². The van der Waals surface area contributed by atoms with E-state index in [1.165, 1.54) is 0 Å². The number of phenols is 1. The molecule has 5 heteroatoms. The van der Waals surface area contributed by atoms with Crippen molar-refractivity contribution in [3.05, 3.63) is 29.8 Å². The van der Waals surface area contributed by atoms with Crippen molar-refractivity contribution >= 4 is 5.91 Å². The summed E-state index contributed by atoms with van der Waals surface area (Å²) in [4.78, 5) is 12.5. The molecule has 5 nitrogen and oxygen atoms in total. The first-order chi connectivity index (χ1) is 12.9. The van der Waals surface area contributed by atoms with Crippen molar-refractivity contribution in [3.63, 3.8) is 0 Å². The minimum absolute atomic E-state index is 0.0406. The number of carbonyl (C=O) groups is 1. The van der Waals surface area contributed by atoms with Gasteiger partial charge in [0.2, 0.25) is 5.91 Å². The van der Waals surface area contributed by atoms with Crippen molar-refractivity contribution in [2.75, 3.05) is 20.3 Å². The Bertz CT molecular complexity index is 701. The third-order valence-electron chi connectivity index (χ3n) is 7.57. The fourth-order valence-electron chi connectivity index (χ4n) is 6.21. The molecule has 4 rings (SSSR count). The molecule has 1 heterocycles. The van der Waals surface area contributed by atoms with Crippen molar-refractivity contribution in [2.24, 2.45) is 22.7 Å². The molecule has 1 unspecified atom stereocenters. The third kappa shape index (κ3) is 2.95. The number of hydrogen-bond donors (Lipinski definition) is 2. The molecule has 2 aliphatic carbocycles. The van der Waals surface area contributed by atoms with Gasteiger partial charge in [-0.15, -0.1) is 0 Å². The summed E-state index contributed by atoms with van der Waals surface area (Å²) in [6, 6.07) is 7.59. The zero-order valence-electron chi connectivity index (χ0n) is 16.5. The molecule has 3 fully saturated rings. The summed E-state index contributed by atoms with van der Waals surface area (Å²) in [5.41, 5.74) is 1.32. The first-order valence-electron chi connectivity index (χ1n) is 10.1. The Morgan fingerprint density at radius 1 is 1.33 bits per heavy atom. The van der Waals surface area contributed by atoms with Crippen LogP contribution in [0.5, 0.6) is 5.75 Å². The van der Waals surface area contributed by atoms with E-state index in [-0.39, 0.29) is 34.6 Å². The first-order valence-corrected chi connectivity index (χ1v) is 10.1. The zero-order valence-corrected chi connectivity index (χ0v) is 16.5. The number of amides is 1. The number of methoxy groups -OCH3 is 1. The number of fused-ring (bicyclic) bond motifs is 1. The zero-order chi connectivity index (χ0) is 19.2. The summed E-state index contributed by atoms with van der Waals surface area (Å²) < 4.78 is 11.3. The lowest BCUT2D eigenvalue weighted by molar-refractivity contribution is -0.137. The average molecular weight is 373 g/mol. The summed E-state index contributed by atoms with van der Waals surface area (Å²) in [5.74, 6) is 1.36. The Hall–Kier alpha value is -1.59. The molecule has 1 aromatic carbocycles. The van der Waals surface area contributed by atoms with Gasteiger partial charge < -0.3 is 19.9 Å². The molecule has 27 heavy (non-hydrogen) atoms. The van der Waals surface area contributed by atoms with E-state index in [1.54, 1.807) is 19.2 Å². The van der Waals surface area contributed by atoms with E-state index in [0.717, 1.165) is 31.4 Å². The van der Waals surface area contributed by atoms with Gasteiger partial charge in [-0.1, -0.05) is 26.0 Å². The van der Waals surface area contributed by atoms with Crippen molar-refractivity contribution in [3.8, 4) is 5.75 Å². The molecule has 3 aliphatic rings. The van der Waals surface area contributed by atoms with Crippen molar-refractivity contribution in [1.29, 1.82) is 0 Å². The van der Waals surface area contributed by atoms with Gasteiger partial charge in [-0.2, -0.15) is 0 Å². The van der Waals surface area contributed by atoms with Crippen LogP contribution in [-0.4, -0.2) is 37.4 Å². The maximum atomic E-state index is 12.5. The normalized spacial score (nSPS) is 36.4. The van der Waals surface area contributed by atoms with Crippen LogP contribution in [-0.2, 0) is 14.3 Å². The Morgan fingerprint density at radius 3 is 2.78 bits per heavy atom. The van der Waals surface area contributed by atoms with E-state index in [4.69, 9.17) is 9.47 Å². The van der Waals surface area contributed by atoms with Crippen LogP contribution >= 0.6 is 0 Å².